The number of hydrogen-bond donors (Lipinski definition) is 1. The predicted molar refractivity (Wildman–Crippen MR) is 125 cm³/mol. The van der Waals surface area contributed by atoms with Gasteiger partial charge in [-0.2, -0.15) is 0 Å². The number of nitrogens with one attached hydrogen (secondary N) is 1. The van der Waals surface area contributed by atoms with Crippen LogP contribution in [0.3, 0.4) is 0 Å². The number of rotatable bonds is 6. The molecule has 2 aliphatic rings. The van der Waals surface area contributed by atoms with Crippen molar-refractivity contribution in [2.24, 2.45) is 0 Å². The van der Waals surface area contributed by atoms with Crippen molar-refractivity contribution >= 4 is 29.4 Å². The molecule has 5 heteroatoms. The SMILES string of the molecule is O=C(NCc1ccccc1CN1CCCCC1)c1ccc(C2SCCCS2)cc1. The van der Waals surface area contributed by atoms with Crippen LogP contribution in [0.25, 0.3) is 0 Å². The highest BCUT2D eigenvalue weighted by atomic mass is 32.2. The quantitative estimate of drug-likeness (QED) is 0.664. The lowest BCUT2D eigenvalue weighted by molar-refractivity contribution is 0.0950. The van der Waals surface area contributed by atoms with E-state index in [0.717, 1.165) is 12.1 Å². The topological polar surface area (TPSA) is 32.3 Å². The third kappa shape index (κ3) is 5.80. The summed E-state index contributed by atoms with van der Waals surface area (Å²) in [6, 6.07) is 16.7. The monoisotopic (exact) mass is 426 g/mol. The Hall–Kier alpha value is -1.43. The molecule has 0 spiro atoms. The molecule has 2 aromatic carbocycles. The zero-order valence-corrected chi connectivity index (χ0v) is 18.6. The van der Waals surface area contributed by atoms with E-state index in [2.05, 4.69) is 46.6 Å². The molecule has 1 amide bonds. The van der Waals surface area contributed by atoms with Crippen molar-refractivity contribution < 1.29 is 4.79 Å². The van der Waals surface area contributed by atoms with Crippen LogP contribution < -0.4 is 5.32 Å². The Morgan fingerprint density at radius 1 is 0.897 bits per heavy atom. The highest BCUT2D eigenvalue weighted by Gasteiger charge is 2.17. The van der Waals surface area contributed by atoms with Crippen molar-refractivity contribution in [2.75, 3.05) is 24.6 Å². The molecule has 0 atom stereocenters. The highest BCUT2D eigenvalue weighted by molar-refractivity contribution is 8.16. The van der Waals surface area contributed by atoms with Gasteiger partial charge in [0.1, 0.15) is 0 Å². The third-order valence-electron chi connectivity index (χ3n) is 5.67. The van der Waals surface area contributed by atoms with Crippen molar-refractivity contribution in [3.8, 4) is 0 Å². The number of amides is 1. The van der Waals surface area contributed by atoms with E-state index in [1.807, 2.05) is 35.7 Å². The summed E-state index contributed by atoms with van der Waals surface area (Å²) in [6.07, 6.45) is 5.25. The molecule has 2 aliphatic heterocycles. The fourth-order valence-corrected chi connectivity index (χ4v) is 6.89. The minimum Gasteiger partial charge on any atom is -0.348 e. The van der Waals surface area contributed by atoms with Gasteiger partial charge in [-0.05, 0) is 72.7 Å². The number of likely N-dealkylation sites (tertiary alicyclic amines) is 1. The first kappa shape index (κ1) is 20.8. The van der Waals surface area contributed by atoms with E-state index in [1.54, 1.807) is 0 Å². The molecule has 1 N–H and O–H groups in total. The van der Waals surface area contributed by atoms with Gasteiger partial charge < -0.3 is 5.32 Å². The molecular formula is C24H30N2OS2. The van der Waals surface area contributed by atoms with Crippen molar-refractivity contribution in [1.82, 2.24) is 10.2 Å². The number of thioether (sulfide) groups is 2. The molecule has 3 nitrogen and oxygen atoms in total. The lowest BCUT2D eigenvalue weighted by Crippen LogP contribution is -2.30. The van der Waals surface area contributed by atoms with Crippen molar-refractivity contribution in [3.63, 3.8) is 0 Å². The zero-order chi connectivity index (χ0) is 19.9. The fourth-order valence-electron chi connectivity index (χ4n) is 3.99. The van der Waals surface area contributed by atoms with Crippen molar-refractivity contribution in [2.45, 2.75) is 43.4 Å². The second-order valence-corrected chi connectivity index (χ2v) is 10.6. The number of piperidine rings is 1. The molecule has 29 heavy (non-hydrogen) atoms. The van der Waals surface area contributed by atoms with Gasteiger partial charge in [-0.1, -0.05) is 42.8 Å². The first-order chi connectivity index (χ1) is 14.3. The summed E-state index contributed by atoms with van der Waals surface area (Å²) < 4.78 is 0.516. The van der Waals surface area contributed by atoms with E-state index in [0.29, 0.717) is 11.1 Å². The van der Waals surface area contributed by atoms with Crippen LogP contribution in [0.4, 0.5) is 0 Å². The van der Waals surface area contributed by atoms with Crippen LogP contribution in [0.1, 0.15) is 57.3 Å². The van der Waals surface area contributed by atoms with Crippen LogP contribution in [0.5, 0.6) is 0 Å². The van der Waals surface area contributed by atoms with E-state index < -0.39 is 0 Å². The fraction of sp³-hybridized carbons (Fsp3) is 0.458. The molecular weight excluding hydrogens is 396 g/mol. The first-order valence-corrected chi connectivity index (χ1v) is 12.8. The molecule has 0 unspecified atom stereocenters. The lowest BCUT2D eigenvalue weighted by atomic mass is 10.0. The maximum atomic E-state index is 12.7. The van der Waals surface area contributed by atoms with Crippen LogP contribution in [0, 0.1) is 0 Å². The Morgan fingerprint density at radius 2 is 1.59 bits per heavy atom. The Balaban J connectivity index is 1.34. The smallest absolute Gasteiger partial charge is 0.251 e. The maximum Gasteiger partial charge on any atom is 0.251 e. The molecule has 2 heterocycles. The maximum absolute atomic E-state index is 12.7. The van der Waals surface area contributed by atoms with E-state index in [1.165, 1.54) is 67.0 Å². The molecule has 2 fully saturated rings. The largest absolute Gasteiger partial charge is 0.348 e. The number of carbonyl (C=O) groups is 1. The first-order valence-electron chi connectivity index (χ1n) is 10.7. The van der Waals surface area contributed by atoms with Gasteiger partial charge in [0.25, 0.3) is 5.91 Å². The average Bonchev–Trinajstić information content (AvgIpc) is 2.80. The lowest BCUT2D eigenvalue weighted by Gasteiger charge is -2.27. The molecule has 4 rings (SSSR count). The van der Waals surface area contributed by atoms with Gasteiger partial charge in [0.05, 0.1) is 4.58 Å². The van der Waals surface area contributed by atoms with Crippen LogP contribution in [0.15, 0.2) is 48.5 Å². The van der Waals surface area contributed by atoms with E-state index in [4.69, 9.17) is 0 Å². The highest BCUT2D eigenvalue weighted by Crippen LogP contribution is 2.43. The van der Waals surface area contributed by atoms with Gasteiger partial charge in [0, 0.05) is 18.7 Å². The third-order valence-corrected chi connectivity index (χ3v) is 8.69. The van der Waals surface area contributed by atoms with Gasteiger partial charge in [0.2, 0.25) is 0 Å². The summed E-state index contributed by atoms with van der Waals surface area (Å²) in [5.41, 5.74) is 4.62. The standard InChI is InChI=1S/C24H30N2OS2/c27-23(19-9-11-20(12-10-19)24-28-15-6-16-29-24)25-17-21-7-2-3-8-22(21)18-26-13-4-1-5-14-26/h2-3,7-12,24H,1,4-6,13-18H2,(H,25,27). The minimum absolute atomic E-state index is 0.00766. The van der Waals surface area contributed by atoms with Crippen molar-refractivity contribution in [3.05, 3.63) is 70.8 Å². The zero-order valence-electron chi connectivity index (χ0n) is 16.9. The number of hydrogen-bond acceptors (Lipinski definition) is 4. The summed E-state index contributed by atoms with van der Waals surface area (Å²) in [4.78, 5) is 15.2. The Bertz CT molecular complexity index is 797. The van der Waals surface area contributed by atoms with Crippen LogP contribution in [-0.4, -0.2) is 35.4 Å². The number of carbonyl (C=O) groups excluding carboxylic acids is 1. The summed E-state index contributed by atoms with van der Waals surface area (Å²) in [7, 11) is 0. The molecule has 154 valence electrons. The van der Waals surface area contributed by atoms with E-state index in [9.17, 15) is 4.79 Å². The summed E-state index contributed by atoms with van der Waals surface area (Å²) >= 11 is 4.02. The molecule has 0 radical (unpaired) electrons. The van der Waals surface area contributed by atoms with Gasteiger partial charge in [-0.25, -0.2) is 0 Å². The van der Waals surface area contributed by atoms with Gasteiger partial charge >= 0.3 is 0 Å². The average molecular weight is 427 g/mol. The van der Waals surface area contributed by atoms with Crippen LogP contribution in [-0.2, 0) is 13.1 Å². The molecule has 0 aromatic heterocycles. The van der Waals surface area contributed by atoms with Crippen molar-refractivity contribution in [1.29, 1.82) is 0 Å². The Labute approximate surface area is 183 Å². The molecule has 0 aliphatic carbocycles. The molecule has 0 saturated carbocycles. The van der Waals surface area contributed by atoms with E-state index in [-0.39, 0.29) is 5.91 Å². The normalized spacial score (nSPS) is 18.5. The number of nitrogens with zero attached hydrogens (tertiary/aromatic N) is 1. The second-order valence-electron chi connectivity index (χ2n) is 7.84. The van der Waals surface area contributed by atoms with Crippen LogP contribution >= 0.6 is 23.5 Å². The summed E-state index contributed by atoms with van der Waals surface area (Å²) in [6.45, 7) is 3.94. The van der Waals surface area contributed by atoms with E-state index >= 15 is 0 Å². The minimum atomic E-state index is 0.00766. The van der Waals surface area contributed by atoms with Gasteiger partial charge in [0.15, 0.2) is 0 Å². The predicted octanol–water partition coefficient (Wildman–Crippen LogP) is 5.47. The van der Waals surface area contributed by atoms with Gasteiger partial charge in [-0.15, -0.1) is 23.5 Å². The summed E-state index contributed by atoms with van der Waals surface area (Å²) in [5.74, 6) is 2.47. The number of benzene rings is 2. The van der Waals surface area contributed by atoms with Gasteiger partial charge in [-0.3, -0.25) is 9.69 Å². The Kier molecular flexibility index (Phi) is 7.58. The second kappa shape index (κ2) is 10.6. The Morgan fingerprint density at radius 3 is 2.31 bits per heavy atom. The summed E-state index contributed by atoms with van der Waals surface area (Å²) in [5, 5.41) is 3.12. The molecule has 2 aromatic rings. The van der Waals surface area contributed by atoms with Crippen LogP contribution in [0.2, 0.25) is 0 Å². The molecule has 0 bridgehead atoms. The molecule has 2 saturated heterocycles.